The number of carboxylic acid groups (broad SMARTS) is 1. The maximum atomic E-state index is 13.1. The van der Waals surface area contributed by atoms with Crippen molar-refractivity contribution in [2.45, 2.75) is 13.1 Å². The number of H-pyrrole nitrogens is 1. The summed E-state index contributed by atoms with van der Waals surface area (Å²) in [7, 11) is 0. The van der Waals surface area contributed by atoms with Crippen LogP contribution in [0, 0.1) is 0 Å². The summed E-state index contributed by atoms with van der Waals surface area (Å²) in [5.41, 5.74) is 10.3. The van der Waals surface area contributed by atoms with Crippen molar-refractivity contribution < 1.29 is 19.4 Å². The minimum absolute atomic E-state index is 0.258. The number of carboxylic acids is 1. The van der Waals surface area contributed by atoms with Gasteiger partial charge in [-0.1, -0.05) is 41.9 Å². The van der Waals surface area contributed by atoms with E-state index < -0.39 is 12.6 Å². The number of carbonyl (C=O) groups is 2. The highest BCUT2D eigenvalue weighted by molar-refractivity contribution is 6.31. The molecule has 184 valence electrons. The summed E-state index contributed by atoms with van der Waals surface area (Å²) in [5, 5.41) is 22.4. The Bertz CT molecular complexity index is 1360. The third kappa shape index (κ3) is 6.01. The number of hydrogen-bond donors (Lipinski definition) is 5. The predicted molar refractivity (Wildman–Crippen MR) is 138 cm³/mol. The SMILES string of the molecule is NCc1ccc(NC(=O)c2cc(Cl)ccc2NCc2cccc(-c3cn[nH]c3)c2OCC(=O)O)cc1. The van der Waals surface area contributed by atoms with Crippen LogP contribution in [0.25, 0.3) is 11.1 Å². The first-order chi connectivity index (χ1) is 17.4. The summed E-state index contributed by atoms with van der Waals surface area (Å²) in [6.07, 6.45) is 3.32. The molecule has 0 bridgehead atoms. The van der Waals surface area contributed by atoms with Crippen LogP contribution in [-0.4, -0.2) is 33.8 Å². The van der Waals surface area contributed by atoms with E-state index in [9.17, 15) is 9.59 Å². The van der Waals surface area contributed by atoms with Crippen molar-refractivity contribution in [1.29, 1.82) is 0 Å². The number of carbonyl (C=O) groups excluding carboxylic acids is 1. The molecular formula is C26H24ClN5O4. The molecule has 1 aromatic heterocycles. The van der Waals surface area contributed by atoms with Gasteiger partial charge in [-0.2, -0.15) is 5.10 Å². The lowest BCUT2D eigenvalue weighted by Crippen LogP contribution is -2.16. The van der Waals surface area contributed by atoms with Crippen LogP contribution in [0.3, 0.4) is 0 Å². The number of rotatable bonds is 10. The van der Waals surface area contributed by atoms with Crippen molar-refractivity contribution in [3.63, 3.8) is 0 Å². The van der Waals surface area contributed by atoms with Crippen molar-refractivity contribution in [1.82, 2.24) is 10.2 Å². The van der Waals surface area contributed by atoms with E-state index in [1.165, 1.54) is 0 Å². The Morgan fingerprint density at radius 1 is 1.11 bits per heavy atom. The Balaban J connectivity index is 1.58. The fraction of sp³-hybridized carbons (Fsp3) is 0.115. The van der Waals surface area contributed by atoms with Crippen LogP contribution in [0.15, 0.2) is 73.1 Å². The van der Waals surface area contributed by atoms with Gasteiger partial charge in [-0.25, -0.2) is 4.79 Å². The first kappa shape index (κ1) is 24.8. The van der Waals surface area contributed by atoms with Crippen LogP contribution in [0.4, 0.5) is 11.4 Å². The molecule has 0 spiro atoms. The van der Waals surface area contributed by atoms with Gasteiger partial charge in [0.1, 0.15) is 5.75 Å². The molecule has 0 fully saturated rings. The molecule has 4 aromatic rings. The molecule has 0 aliphatic rings. The number of anilines is 2. The minimum Gasteiger partial charge on any atom is -0.481 e. The van der Waals surface area contributed by atoms with Gasteiger partial charge >= 0.3 is 5.97 Å². The summed E-state index contributed by atoms with van der Waals surface area (Å²) in [4.78, 5) is 24.2. The molecule has 10 heteroatoms. The molecule has 0 saturated heterocycles. The van der Waals surface area contributed by atoms with Crippen LogP contribution in [0.2, 0.25) is 5.02 Å². The highest BCUT2D eigenvalue weighted by atomic mass is 35.5. The number of hydrogen-bond acceptors (Lipinski definition) is 6. The van der Waals surface area contributed by atoms with E-state index in [1.54, 1.807) is 42.7 Å². The van der Waals surface area contributed by atoms with E-state index in [1.807, 2.05) is 30.3 Å². The van der Waals surface area contributed by atoms with E-state index in [0.717, 1.165) is 11.1 Å². The zero-order chi connectivity index (χ0) is 25.5. The number of benzene rings is 3. The largest absolute Gasteiger partial charge is 0.481 e. The molecule has 3 aromatic carbocycles. The second-order valence-corrected chi connectivity index (χ2v) is 8.30. The summed E-state index contributed by atoms with van der Waals surface area (Å²) < 4.78 is 5.65. The normalized spacial score (nSPS) is 10.6. The monoisotopic (exact) mass is 505 g/mol. The molecule has 9 nitrogen and oxygen atoms in total. The highest BCUT2D eigenvalue weighted by Crippen LogP contribution is 2.34. The topological polar surface area (TPSA) is 142 Å². The van der Waals surface area contributed by atoms with E-state index in [4.69, 9.17) is 27.2 Å². The lowest BCUT2D eigenvalue weighted by atomic mass is 10.0. The molecule has 4 rings (SSSR count). The lowest BCUT2D eigenvalue weighted by Gasteiger charge is -2.17. The number of amides is 1. The average Bonchev–Trinajstić information content (AvgIpc) is 3.42. The standard InChI is InChI=1S/C26H24ClN5O4/c27-19-6-9-23(22(10-19)26(35)32-20-7-4-16(11-28)5-8-20)29-12-17-2-1-3-21(18-13-30-31-14-18)25(17)36-15-24(33)34/h1-10,13-14,29H,11-12,15,28H2,(H,30,31)(H,32,35)(H,33,34). The Morgan fingerprint density at radius 2 is 1.92 bits per heavy atom. The first-order valence-electron chi connectivity index (χ1n) is 11.0. The number of nitrogens with one attached hydrogen (secondary N) is 3. The van der Waals surface area contributed by atoms with Crippen LogP contribution in [0.1, 0.15) is 21.5 Å². The van der Waals surface area contributed by atoms with Crippen molar-refractivity contribution in [2.24, 2.45) is 5.73 Å². The van der Waals surface area contributed by atoms with Gasteiger partial charge in [-0.3, -0.25) is 9.89 Å². The fourth-order valence-electron chi connectivity index (χ4n) is 3.63. The Kier molecular flexibility index (Phi) is 7.84. The fourth-order valence-corrected chi connectivity index (χ4v) is 3.80. The molecule has 0 aliphatic carbocycles. The lowest BCUT2D eigenvalue weighted by molar-refractivity contribution is -0.139. The van der Waals surface area contributed by atoms with E-state index in [0.29, 0.717) is 45.4 Å². The molecule has 0 radical (unpaired) electrons. The van der Waals surface area contributed by atoms with Gasteiger partial charge in [-0.15, -0.1) is 0 Å². The third-order valence-corrected chi connectivity index (χ3v) is 5.62. The summed E-state index contributed by atoms with van der Waals surface area (Å²) >= 11 is 6.19. The van der Waals surface area contributed by atoms with Crippen molar-refractivity contribution in [3.05, 3.63) is 94.8 Å². The van der Waals surface area contributed by atoms with Gasteiger partial charge in [-0.05, 0) is 35.9 Å². The van der Waals surface area contributed by atoms with Crippen LogP contribution >= 0.6 is 11.6 Å². The second kappa shape index (κ2) is 11.4. The summed E-state index contributed by atoms with van der Waals surface area (Å²) in [6.45, 7) is 0.170. The molecular weight excluding hydrogens is 482 g/mol. The van der Waals surface area contributed by atoms with Crippen molar-refractivity contribution >= 4 is 34.9 Å². The molecule has 1 heterocycles. The average molecular weight is 506 g/mol. The van der Waals surface area contributed by atoms with Crippen LogP contribution in [-0.2, 0) is 17.9 Å². The Labute approximate surface area is 212 Å². The molecule has 1 amide bonds. The quantitative estimate of drug-likeness (QED) is 0.213. The molecule has 0 unspecified atom stereocenters. The van der Waals surface area contributed by atoms with Gasteiger partial charge in [0, 0.05) is 52.4 Å². The van der Waals surface area contributed by atoms with Crippen molar-refractivity contribution in [2.75, 3.05) is 17.2 Å². The van der Waals surface area contributed by atoms with Gasteiger partial charge in [0.05, 0.1) is 11.8 Å². The van der Waals surface area contributed by atoms with E-state index in [-0.39, 0.29) is 12.5 Å². The van der Waals surface area contributed by atoms with Gasteiger partial charge in [0.25, 0.3) is 5.91 Å². The summed E-state index contributed by atoms with van der Waals surface area (Å²) in [6, 6.07) is 17.7. The minimum atomic E-state index is -1.09. The number of nitrogens with two attached hydrogens (primary N) is 1. The van der Waals surface area contributed by atoms with Crippen molar-refractivity contribution in [3.8, 4) is 16.9 Å². The highest BCUT2D eigenvalue weighted by Gasteiger charge is 2.17. The van der Waals surface area contributed by atoms with E-state index in [2.05, 4.69) is 20.8 Å². The van der Waals surface area contributed by atoms with Crippen LogP contribution < -0.4 is 21.1 Å². The maximum Gasteiger partial charge on any atom is 0.341 e. The zero-order valence-corrected chi connectivity index (χ0v) is 19.9. The summed E-state index contributed by atoms with van der Waals surface area (Å²) in [5.74, 6) is -1.02. The zero-order valence-electron chi connectivity index (χ0n) is 19.1. The predicted octanol–water partition coefficient (Wildman–Crippen LogP) is 4.52. The number of halogens is 1. The van der Waals surface area contributed by atoms with Gasteiger partial charge in [0.2, 0.25) is 0 Å². The van der Waals surface area contributed by atoms with Crippen LogP contribution in [0.5, 0.6) is 5.75 Å². The number of ether oxygens (including phenoxy) is 1. The number of aromatic nitrogens is 2. The number of nitrogens with zero attached hydrogens (tertiary/aromatic N) is 1. The number of aromatic amines is 1. The molecule has 6 N–H and O–H groups in total. The second-order valence-electron chi connectivity index (χ2n) is 7.86. The Hall–Kier alpha value is -4.34. The molecule has 0 aliphatic heterocycles. The first-order valence-corrected chi connectivity index (χ1v) is 11.4. The maximum absolute atomic E-state index is 13.1. The smallest absolute Gasteiger partial charge is 0.341 e. The third-order valence-electron chi connectivity index (χ3n) is 5.39. The van der Waals surface area contributed by atoms with Gasteiger partial charge < -0.3 is 26.2 Å². The number of para-hydroxylation sites is 1. The molecule has 36 heavy (non-hydrogen) atoms. The molecule has 0 saturated carbocycles. The Morgan fingerprint density at radius 3 is 2.61 bits per heavy atom. The van der Waals surface area contributed by atoms with E-state index >= 15 is 0 Å². The van der Waals surface area contributed by atoms with Gasteiger partial charge in [0.15, 0.2) is 6.61 Å². The molecule has 0 atom stereocenters. The number of aliphatic carboxylic acids is 1.